The maximum Gasteiger partial charge on any atom is 0.287 e. The third kappa shape index (κ3) is 3.38. The maximum absolute atomic E-state index is 10.6. The molecule has 7 nitrogen and oxygen atoms in total. The molecule has 0 aliphatic carbocycles. The first-order valence-electron chi connectivity index (χ1n) is 6.77. The van der Waals surface area contributed by atoms with E-state index in [9.17, 15) is 10.1 Å². The largest absolute Gasteiger partial charge is 0.469 e. The van der Waals surface area contributed by atoms with Crippen molar-refractivity contribution in [1.82, 2.24) is 4.98 Å². The van der Waals surface area contributed by atoms with Crippen molar-refractivity contribution < 1.29 is 19.1 Å². The highest BCUT2D eigenvalue weighted by atomic mass is 16.7. The minimum atomic E-state index is -0.506. The zero-order chi connectivity index (χ0) is 15.4. The molecule has 0 saturated carbocycles. The van der Waals surface area contributed by atoms with Gasteiger partial charge in [0, 0.05) is 17.7 Å². The van der Waals surface area contributed by atoms with Crippen LogP contribution in [0.1, 0.15) is 11.9 Å². The highest BCUT2D eigenvalue weighted by molar-refractivity contribution is 5.29. The molecular formula is C15H14N2O5. The Hall–Kier alpha value is -2.51. The van der Waals surface area contributed by atoms with E-state index >= 15 is 0 Å². The Kier molecular flexibility index (Phi) is 4.27. The predicted octanol–water partition coefficient (Wildman–Crippen LogP) is 2.48. The summed E-state index contributed by atoms with van der Waals surface area (Å²) in [6.45, 7) is 0.719. The van der Waals surface area contributed by atoms with Crippen molar-refractivity contribution in [3.63, 3.8) is 0 Å². The Morgan fingerprint density at radius 2 is 1.86 bits per heavy atom. The standard InChI is InChI=1S/C15H14N2O5/c18-17(19)12-6-7-14(16-8-12)22-13-9-20-15(21-10-13)11-4-2-1-3-5-11/h1-8,13,15H,9-10H2. The Bertz CT molecular complexity index is 624. The molecule has 0 unspecified atom stereocenters. The fraction of sp³-hybridized carbons (Fsp3) is 0.267. The highest BCUT2D eigenvalue weighted by Gasteiger charge is 2.25. The van der Waals surface area contributed by atoms with E-state index in [4.69, 9.17) is 14.2 Å². The molecule has 1 fully saturated rings. The predicted molar refractivity (Wildman–Crippen MR) is 76.4 cm³/mol. The van der Waals surface area contributed by atoms with Crippen molar-refractivity contribution in [1.29, 1.82) is 0 Å². The summed E-state index contributed by atoms with van der Waals surface area (Å²) < 4.78 is 16.8. The Morgan fingerprint density at radius 3 is 2.45 bits per heavy atom. The van der Waals surface area contributed by atoms with E-state index in [1.807, 2.05) is 30.3 Å². The van der Waals surface area contributed by atoms with Crippen LogP contribution in [0.2, 0.25) is 0 Å². The van der Waals surface area contributed by atoms with E-state index in [1.165, 1.54) is 12.1 Å². The molecule has 2 heterocycles. The van der Waals surface area contributed by atoms with E-state index in [0.717, 1.165) is 11.8 Å². The average Bonchev–Trinajstić information content (AvgIpc) is 2.57. The second-order valence-corrected chi connectivity index (χ2v) is 4.76. The number of pyridine rings is 1. The van der Waals surface area contributed by atoms with Crippen LogP contribution in [-0.2, 0) is 9.47 Å². The smallest absolute Gasteiger partial charge is 0.287 e. The molecule has 0 bridgehead atoms. The summed E-state index contributed by atoms with van der Waals surface area (Å²) in [7, 11) is 0. The molecule has 114 valence electrons. The van der Waals surface area contributed by atoms with Gasteiger partial charge in [-0.3, -0.25) is 10.1 Å². The SMILES string of the molecule is O=[N+]([O-])c1ccc(OC2COC(c3ccccc3)OC2)nc1. The number of hydrogen-bond donors (Lipinski definition) is 0. The van der Waals surface area contributed by atoms with Gasteiger partial charge in [0.2, 0.25) is 5.88 Å². The van der Waals surface area contributed by atoms with Gasteiger partial charge in [-0.15, -0.1) is 0 Å². The van der Waals surface area contributed by atoms with Gasteiger partial charge >= 0.3 is 0 Å². The third-order valence-electron chi connectivity index (χ3n) is 3.16. The summed E-state index contributed by atoms with van der Waals surface area (Å²) in [4.78, 5) is 13.9. The van der Waals surface area contributed by atoms with Gasteiger partial charge in [0.1, 0.15) is 12.3 Å². The van der Waals surface area contributed by atoms with Crippen LogP contribution in [0.3, 0.4) is 0 Å². The number of ether oxygens (including phenoxy) is 3. The maximum atomic E-state index is 10.6. The first-order chi connectivity index (χ1) is 10.7. The lowest BCUT2D eigenvalue weighted by molar-refractivity contribution is -0.385. The molecule has 1 saturated heterocycles. The second-order valence-electron chi connectivity index (χ2n) is 4.76. The first-order valence-corrected chi connectivity index (χ1v) is 6.77. The van der Waals surface area contributed by atoms with E-state index in [1.54, 1.807) is 0 Å². The van der Waals surface area contributed by atoms with E-state index in [2.05, 4.69) is 4.98 Å². The molecule has 22 heavy (non-hydrogen) atoms. The molecule has 1 aliphatic heterocycles. The van der Waals surface area contributed by atoms with Crippen molar-refractivity contribution in [3.8, 4) is 5.88 Å². The van der Waals surface area contributed by atoms with Gasteiger partial charge in [0.05, 0.1) is 18.1 Å². The number of rotatable bonds is 4. The molecule has 0 amide bonds. The van der Waals surface area contributed by atoms with E-state index in [0.29, 0.717) is 19.1 Å². The number of hydrogen-bond acceptors (Lipinski definition) is 6. The third-order valence-corrected chi connectivity index (χ3v) is 3.16. The minimum absolute atomic E-state index is 0.0763. The molecule has 1 aromatic heterocycles. The van der Waals surface area contributed by atoms with Gasteiger partial charge in [0.15, 0.2) is 6.29 Å². The van der Waals surface area contributed by atoms with Crippen LogP contribution in [0.15, 0.2) is 48.7 Å². The molecule has 1 aromatic carbocycles. The van der Waals surface area contributed by atoms with Crippen molar-refractivity contribution in [3.05, 3.63) is 64.3 Å². The van der Waals surface area contributed by atoms with Crippen LogP contribution in [-0.4, -0.2) is 29.2 Å². The summed E-state index contributed by atoms with van der Waals surface area (Å²) in [6.07, 6.45) is 0.465. The summed E-state index contributed by atoms with van der Waals surface area (Å²) in [5.74, 6) is 0.306. The summed E-state index contributed by atoms with van der Waals surface area (Å²) in [6, 6.07) is 12.4. The van der Waals surface area contributed by atoms with Crippen molar-refractivity contribution in [2.75, 3.05) is 13.2 Å². The quantitative estimate of drug-likeness (QED) is 0.637. The van der Waals surface area contributed by atoms with Crippen LogP contribution >= 0.6 is 0 Å². The van der Waals surface area contributed by atoms with E-state index in [-0.39, 0.29) is 11.8 Å². The number of nitrogens with zero attached hydrogens (tertiary/aromatic N) is 2. The van der Waals surface area contributed by atoms with Crippen molar-refractivity contribution in [2.45, 2.75) is 12.4 Å². The molecule has 2 aromatic rings. The normalized spacial score (nSPS) is 21.3. The topological polar surface area (TPSA) is 83.7 Å². The summed E-state index contributed by atoms with van der Waals surface area (Å²) >= 11 is 0. The van der Waals surface area contributed by atoms with Gasteiger partial charge in [-0.05, 0) is 0 Å². The second kappa shape index (κ2) is 6.50. The first kappa shape index (κ1) is 14.4. The molecule has 0 radical (unpaired) electrons. The molecule has 1 aliphatic rings. The average molecular weight is 302 g/mol. The minimum Gasteiger partial charge on any atom is -0.469 e. The van der Waals surface area contributed by atoms with Gasteiger partial charge in [-0.1, -0.05) is 30.3 Å². The Morgan fingerprint density at radius 1 is 1.14 bits per heavy atom. The van der Waals surface area contributed by atoms with Crippen LogP contribution in [0.4, 0.5) is 5.69 Å². The molecular weight excluding hydrogens is 288 g/mol. The number of benzene rings is 1. The van der Waals surface area contributed by atoms with Gasteiger partial charge in [-0.25, -0.2) is 4.98 Å². The van der Waals surface area contributed by atoms with Crippen LogP contribution in [0.25, 0.3) is 0 Å². The van der Waals surface area contributed by atoms with Crippen LogP contribution in [0.5, 0.6) is 5.88 Å². The monoisotopic (exact) mass is 302 g/mol. The lowest BCUT2D eigenvalue weighted by Gasteiger charge is -2.29. The Labute approximate surface area is 126 Å². The van der Waals surface area contributed by atoms with Gasteiger partial charge in [0.25, 0.3) is 5.69 Å². The van der Waals surface area contributed by atoms with Crippen LogP contribution < -0.4 is 4.74 Å². The highest BCUT2D eigenvalue weighted by Crippen LogP contribution is 2.24. The fourth-order valence-electron chi connectivity index (χ4n) is 2.08. The zero-order valence-corrected chi connectivity index (χ0v) is 11.6. The van der Waals surface area contributed by atoms with Crippen molar-refractivity contribution in [2.24, 2.45) is 0 Å². The summed E-state index contributed by atoms with van der Waals surface area (Å²) in [5.41, 5.74) is 0.877. The lowest BCUT2D eigenvalue weighted by atomic mass is 10.2. The molecule has 3 rings (SSSR count). The molecule has 7 heteroatoms. The summed E-state index contributed by atoms with van der Waals surface area (Å²) in [5, 5.41) is 10.6. The molecule has 0 atom stereocenters. The molecule has 0 N–H and O–H groups in total. The van der Waals surface area contributed by atoms with Crippen molar-refractivity contribution >= 4 is 5.69 Å². The number of aromatic nitrogens is 1. The Balaban J connectivity index is 1.54. The van der Waals surface area contributed by atoms with Gasteiger partial charge < -0.3 is 14.2 Å². The number of nitro groups is 1. The van der Waals surface area contributed by atoms with Crippen LogP contribution in [0, 0.1) is 10.1 Å². The zero-order valence-electron chi connectivity index (χ0n) is 11.6. The van der Waals surface area contributed by atoms with Gasteiger partial charge in [-0.2, -0.15) is 0 Å². The van der Waals surface area contributed by atoms with E-state index < -0.39 is 11.2 Å². The lowest BCUT2D eigenvalue weighted by Crippen LogP contribution is -2.35. The molecule has 0 spiro atoms. The fourth-order valence-corrected chi connectivity index (χ4v) is 2.08.